The zero-order valence-corrected chi connectivity index (χ0v) is 16.1. The highest BCUT2D eigenvalue weighted by molar-refractivity contribution is 9.10. The Kier molecular flexibility index (Phi) is 6.53. The first-order valence-electron chi connectivity index (χ1n) is 8.63. The van der Waals surface area contributed by atoms with E-state index in [-0.39, 0.29) is 0 Å². The SMILES string of the molecule is Clc1ccc(/C=C/c2ccc(CCCC3CCNC3)cc2)c(Br)c1. The lowest BCUT2D eigenvalue weighted by molar-refractivity contribution is 0.510. The van der Waals surface area contributed by atoms with Gasteiger partial charge in [-0.1, -0.05) is 70.0 Å². The van der Waals surface area contributed by atoms with Crippen molar-refractivity contribution < 1.29 is 0 Å². The molecule has 1 aliphatic heterocycles. The van der Waals surface area contributed by atoms with Gasteiger partial charge in [0, 0.05) is 9.50 Å². The average Bonchev–Trinajstić information content (AvgIpc) is 3.09. The predicted molar refractivity (Wildman–Crippen MR) is 108 cm³/mol. The fourth-order valence-corrected chi connectivity index (χ4v) is 3.99. The lowest BCUT2D eigenvalue weighted by Gasteiger charge is -2.07. The number of halogens is 2. The van der Waals surface area contributed by atoms with Crippen molar-refractivity contribution in [1.29, 1.82) is 0 Å². The Balaban J connectivity index is 1.52. The monoisotopic (exact) mass is 403 g/mol. The second-order valence-corrected chi connectivity index (χ2v) is 7.78. The molecule has 2 aromatic carbocycles. The molecule has 0 saturated carbocycles. The van der Waals surface area contributed by atoms with Crippen molar-refractivity contribution in [2.45, 2.75) is 25.7 Å². The van der Waals surface area contributed by atoms with Crippen molar-refractivity contribution in [3.8, 4) is 0 Å². The summed E-state index contributed by atoms with van der Waals surface area (Å²) in [6, 6.07) is 14.8. The van der Waals surface area contributed by atoms with Crippen LogP contribution in [0.1, 0.15) is 36.0 Å². The van der Waals surface area contributed by atoms with Gasteiger partial charge in [-0.2, -0.15) is 0 Å². The summed E-state index contributed by atoms with van der Waals surface area (Å²) in [4.78, 5) is 0. The first-order valence-corrected chi connectivity index (χ1v) is 9.80. The molecule has 1 fully saturated rings. The average molecular weight is 405 g/mol. The molecule has 1 nitrogen and oxygen atoms in total. The van der Waals surface area contributed by atoms with E-state index in [4.69, 9.17) is 11.6 Å². The van der Waals surface area contributed by atoms with Gasteiger partial charge in [0.1, 0.15) is 0 Å². The van der Waals surface area contributed by atoms with Crippen LogP contribution in [0.3, 0.4) is 0 Å². The molecular weight excluding hydrogens is 382 g/mol. The summed E-state index contributed by atoms with van der Waals surface area (Å²) in [5.74, 6) is 0.894. The van der Waals surface area contributed by atoms with Crippen molar-refractivity contribution in [1.82, 2.24) is 5.32 Å². The van der Waals surface area contributed by atoms with Crippen LogP contribution in [0.15, 0.2) is 46.9 Å². The minimum Gasteiger partial charge on any atom is -0.316 e. The van der Waals surface area contributed by atoms with E-state index in [1.807, 2.05) is 18.2 Å². The molecular formula is C21H23BrClN. The third kappa shape index (κ3) is 5.20. The Morgan fingerprint density at radius 3 is 2.67 bits per heavy atom. The number of hydrogen-bond acceptors (Lipinski definition) is 1. The van der Waals surface area contributed by atoms with Crippen LogP contribution >= 0.6 is 27.5 Å². The van der Waals surface area contributed by atoms with Crippen LogP contribution in [0.5, 0.6) is 0 Å². The summed E-state index contributed by atoms with van der Waals surface area (Å²) in [5.41, 5.74) is 3.79. The Bertz CT molecular complexity index is 687. The summed E-state index contributed by atoms with van der Waals surface area (Å²) in [7, 11) is 0. The summed E-state index contributed by atoms with van der Waals surface area (Å²) in [6.45, 7) is 2.42. The third-order valence-electron chi connectivity index (χ3n) is 4.64. The maximum absolute atomic E-state index is 5.98. The molecule has 1 atom stereocenters. The molecule has 0 radical (unpaired) electrons. The molecule has 2 aromatic rings. The Labute approximate surface area is 158 Å². The normalized spacial score (nSPS) is 17.7. The van der Waals surface area contributed by atoms with E-state index in [1.165, 1.54) is 49.9 Å². The van der Waals surface area contributed by atoms with Gasteiger partial charge in [-0.25, -0.2) is 0 Å². The van der Waals surface area contributed by atoms with Gasteiger partial charge in [-0.15, -0.1) is 0 Å². The van der Waals surface area contributed by atoms with E-state index in [9.17, 15) is 0 Å². The largest absolute Gasteiger partial charge is 0.316 e. The van der Waals surface area contributed by atoms with Crippen LogP contribution in [0, 0.1) is 5.92 Å². The lowest BCUT2D eigenvalue weighted by Crippen LogP contribution is -2.08. The molecule has 126 valence electrons. The van der Waals surface area contributed by atoms with Gasteiger partial charge < -0.3 is 5.32 Å². The summed E-state index contributed by atoms with van der Waals surface area (Å²) in [5, 5.41) is 4.19. The van der Waals surface area contributed by atoms with E-state index in [0.717, 1.165) is 21.0 Å². The van der Waals surface area contributed by atoms with Gasteiger partial charge >= 0.3 is 0 Å². The molecule has 1 aliphatic rings. The standard InChI is InChI=1S/C21H23BrClN/c22-21-14-20(23)11-10-19(21)9-8-17-6-4-16(5-7-17)2-1-3-18-12-13-24-15-18/h4-11,14,18,24H,1-3,12-13,15H2/b9-8+. The Hall–Kier alpha value is -1.09. The highest BCUT2D eigenvalue weighted by atomic mass is 79.9. The van der Waals surface area contributed by atoms with Crippen molar-refractivity contribution in [3.05, 3.63) is 68.7 Å². The molecule has 1 saturated heterocycles. The zero-order chi connectivity index (χ0) is 16.8. The van der Waals surface area contributed by atoms with E-state index >= 15 is 0 Å². The molecule has 1 N–H and O–H groups in total. The quantitative estimate of drug-likeness (QED) is 0.565. The Morgan fingerprint density at radius 1 is 1.12 bits per heavy atom. The molecule has 0 aromatic heterocycles. The highest BCUT2D eigenvalue weighted by Crippen LogP contribution is 2.23. The number of rotatable bonds is 6. The smallest absolute Gasteiger partial charge is 0.0417 e. The summed E-state index contributed by atoms with van der Waals surface area (Å²) < 4.78 is 1.02. The molecule has 0 aliphatic carbocycles. The fraction of sp³-hybridized carbons (Fsp3) is 0.333. The Morgan fingerprint density at radius 2 is 1.96 bits per heavy atom. The van der Waals surface area contributed by atoms with Gasteiger partial charge in [0.15, 0.2) is 0 Å². The number of benzene rings is 2. The maximum Gasteiger partial charge on any atom is 0.0417 e. The molecule has 0 spiro atoms. The molecule has 0 amide bonds. The molecule has 3 heteroatoms. The minimum atomic E-state index is 0.747. The predicted octanol–water partition coefficient (Wildman–Crippen LogP) is 6.21. The fourth-order valence-electron chi connectivity index (χ4n) is 3.17. The molecule has 3 rings (SSSR count). The van der Waals surface area contributed by atoms with Crippen LogP contribution in [0.4, 0.5) is 0 Å². The second kappa shape index (κ2) is 8.84. The van der Waals surface area contributed by atoms with E-state index in [1.54, 1.807) is 0 Å². The second-order valence-electron chi connectivity index (χ2n) is 6.49. The van der Waals surface area contributed by atoms with Crippen LogP contribution < -0.4 is 5.32 Å². The van der Waals surface area contributed by atoms with E-state index in [2.05, 4.69) is 57.7 Å². The van der Waals surface area contributed by atoms with Gasteiger partial charge in [0.25, 0.3) is 0 Å². The van der Waals surface area contributed by atoms with Crippen LogP contribution in [0.25, 0.3) is 12.2 Å². The molecule has 0 bridgehead atoms. The molecule has 1 unspecified atom stereocenters. The number of aryl methyl sites for hydroxylation is 1. The summed E-state index contributed by atoms with van der Waals surface area (Å²) in [6.07, 6.45) is 9.43. The van der Waals surface area contributed by atoms with Gasteiger partial charge in [0.2, 0.25) is 0 Å². The number of hydrogen-bond donors (Lipinski definition) is 1. The van der Waals surface area contributed by atoms with E-state index in [0.29, 0.717) is 0 Å². The van der Waals surface area contributed by atoms with Crippen molar-refractivity contribution >= 4 is 39.7 Å². The molecule has 24 heavy (non-hydrogen) atoms. The van der Waals surface area contributed by atoms with Crippen LogP contribution in [0.2, 0.25) is 5.02 Å². The maximum atomic E-state index is 5.98. The van der Waals surface area contributed by atoms with Crippen molar-refractivity contribution in [3.63, 3.8) is 0 Å². The minimum absolute atomic E-state index is 0.747. The van der Waals surface area contributed by atoms with Crippen LogP contribution in [-0.2, 0) is 6.42 Å². The lowest BCUT2D eigenvalue weighted by atomic mass is 9.98. The number of nitrogens with one attached hydrogen (secondary N) is 1. The topological polar surface area (TPSA) is 12.0 Å². The highest BCUT2D eigenvalue weighted by Gasteiger charge is 2.13. The first-order chi connectivity index (χ1) is 11.7. The zero-order valence-electron chi connectivity index (χ0n) is 13.8. The van der Waals surface area contributed by atoms with Crippen molar-refractivity contribution in [2.75, 3.05) is 13.1 Å². The van der Waals surface area contributed by atoms with Gasteiger partial charge in [0.05, 0.1) is 0 Å². The molecule has 1 heterocycles. The summed E-state index contributed by atoms with van der Waals surface area (Å²) >= 11 is 9.53. The van der Waals surface area contributed by atoms with Gasteiger partial charge in [-0.3, -0.25) is 0 Å². The van der Waals surface area contributed by atoms with Crippen molar-refractivity contribution in [2.24, 2.45) is 5.92 Å². The van der Waals surface area contributed by atoms with Crippen LogP contribution in [-0.4, -0.2) is 13.1 Å². The third-order valence-corrected chi connectivity index (χ3v) is 5.56. The van der Waals surface area contributed by atoms with Gasteiger partial charge in [-0.05, 0) is 73.5 Å². The van der Waals surface area contributed by atoms with E-state index < -0.39 is 0 Å². The first kappa shape index (κ1) is 17.7.